The van der Waals surface area contributed by atoms with Gasteiger partial charge in [0, 0.05) is 12.4 Å². The first-order valence-corrected chi connectivity index (χ1v) is 7.13. The van der Waals surface area contributed by atoms with Gasteiger partial charge in [-0.1, -0.05) is 18.2 Å². The molecule has 2 heterocycles. The fourth-order valence-corrected chi connectivity index (χ4v) is 2.48. The molecule has 0 fully saturated rings. The number of halogens is 1. The number of hydrogen-bond donors (Lipinski definition) is 0. The Morgan fingerprint density at radius 3 is 2.76 bits per heavy atom. The molecule has 21 heavy (non-hydrogen) atoms. The van der Waals surface area contributed by atoms with Gasteiger partial charge < -0.3 is 0 Å². The van der Waals surface area contributed by atoms with Gasteiger partial charge in [-0.25, -0.2) is 4.98 Å². The van der Waals surface area contributed by atoms with Crippen LogP contribution in [0.15, 0.2) is 53.6 Å². The van der Waals surface area contributed by atoms with Crippen LogP contribution in [0.2, 0.25) is 0 Å². The number of alkyl halides is 1. The van der Waals surface area contributed by atoms with Crippen molar-refractivity contribution in [3.05, 3.63) is 70.5 Å². The Morgan fingerprint density at radius 1 is 1.24 bits per heavy atom. The zero-order chi connectivity index (χ0) is 14.8. The molecular formula is C16H14ClN3O. The Bertz CT molecular complexity index is 828. The van der Waals surface area contributed by atoms with Crippen molar-refractivity contribution in [3.63, 3.8) is 0 Å². The second-order valence-electron chi connectivity index (χ2n) is 4.86. The van der Waals surface area contributed by atoms with Crippen molar-refractivity contribution in [1.29, 1.82) is 0 Å². The van der Waals surface area contributed by atoms with Gasteiger partial charge in [-0.05, 0) is 30.7 Å². The molecule has 0 N–H and O–H groups in total. The number of rotatable bonds is 3. The number of aromatic nitrogens is 3. The highest BCUT2D eigenvalue weighted by molar-refractivity contribution is 6.20. The molecule has 0 radical (unpaired) electrons. The molecule has 0 saturated heterocycles. The molecule has 0 aliphatic carbocycles. The van der Waals surface area contributed by atoms with Crippen LogP contribution >= 0.6 is 11.6 Å². The van der Waals surface area contributed by atoms with Gasteiger partial charge in [-0.2, -0.15) is 0 Å². The standard InChI is InChI=1S/C16H14ClN3O/c1-11(17)15-19-14-7-3-2-6-13(14)16(21)20(15)10-12-5-4-8-18-9-12/h2-9,11H,10H2,1H3. The van der Waals surface area contributed by atoms with Crippen LogP contribution in [0, 0.1) is 0 Å². The van der Waals surface area contributed by atoms with Crippen LogP contribution < -0.4 is 5.56 Å². The SMILES string of the molecule is CC(Cl)c1nc2ccccc2c(=O)n1Cc1cccnc1. The van der Waals surface area contributed by atoms with Crippen LogP contribution in [0.5, 0.6) is 0 Å². The summed E-state index contributed by atoms with van der Waals surface area (Å²) in [5.41, 5.74) is 1.54. The first kappa shape index (κ1) is 13.8. The highest BCUT2D eigenvalue weighted by atomic mass is 35.5. The Morgan fingerprint density at radius 2 is 2.05 bits per heavy atom. The van der Waals surface area contributed by atoms with Crippen LogP contribution in [0.3, 0.4) is 0 Å². The van der Waals surface area contributed by atoms with E-state index >= 15 is 0 Å². The molecule has 2 aromatic heterocycles. The van der Waals surface area contributed by atoms with Crippen molar-refractivity contribution in [2.75, 3.05) is 0 Å². The van der Waals surface area contributed by atoms with Crippen LogP contribution in [-0.2, 0) is 6.54 Å². The molecule has 0 aliphatic rings. The fourth-order valence-electron chi connectivity index (χ4n) is 2.32. The van der Waals surface area contributed by atoms with Crippen molar-refractivity contribution in [3.8, 4) is 0 Å². The van der Waals surface area contributed by atoms with E-state index in [4.69, 9.17) is 11.6 Å². The lowest BCUT2D eigenvalue weighted by atomic mass is 10.2. The van der Waals surface area contributed by atoms with Crippen molar-refractivity contribution < 1.29 is 0 Å². The minimum absolute atomic E-state index is 0.0769. The van der Waals surface area contributed by atoms with E-state index in [1.165, 1.54) is 0 Å². The Balaban J connectivity index is 2.22. The Hall–Kier alpha value is -2.20. The second-order valence-corrected chi connectivity index (χ2v) is 5.51. The van der Waals surface area contributed by atoms with Gasteiger partial charge in [-0.3, -0.25) is 14.3 Å². The molecule has 0 bridgehead atoms. The molecule has 0 amide bonds. The molecule has 0 aliphatic heterocycles. The molecule has 0 saturated carbocycles. The van der Waals surface area contributed by atoms with E-state index in [9.17, 15) is 4.79 Å². The lowest BCUT2D eigenvalue weighted by Gasteiger charge is -2.14. The maximum Gasteiger partial charge on any atom is 0.261 e. The van der Waals surface area contributed by atoms with Crippen LogP contribution in [-0.4, -0.2) is 14.5 Å². The Kier molecular flexibility index (Phi) is 3.71. The van der Waals surface area contributed by atoms with E-state index in [0.717, 1.165) is 5.56 Å². The average Bonchev–Trinajstić information content (AvgIpc) is 2.51. The van der Waals surface area contributed by atoms with E-state index in [2.05, 4.69) is 9.97 Å². The molecule has 4 nitrogen and oxygen atoms in total. The fraction of sp³-hybridized carbons (Fsp3) is 0.188. The Labute approximate surface area is 127 Å². The molecule has 0 spiro atoms. The summed E-state index contributed by atoms with van der Waals surface area (Å²) >= 11 is 6.21. The van der Waals surface area contributed by atoms with Gasteiger partial charge in [0.05, 0.1) is 22.8 Å². The third-order valence-electron chi connectivity index (χ3n) is 3.31. The maximum atomic E-state index is 12.7. The van der Waals surface area contributed by atoms with Crippen molar-refractivity contribution in [2.45, 2.75) is 18.8 Å². The van der Waals surface area contributed by atoms with E-state index in [0.29, 0.717) is 23.3 Å². The normalized spacial score (nSPS) is 12.5. The van der Waals surface area contributed by atoms with Crippen LogP contribution in [0.25, 0.3) is 10.9 Å². The number of hydrogen-bond acceptors (Lipinski definition) is 3. The molecule has 1 unspecified atom stereocenters. The average molecular weight is 300 g/mol. The third-order valence-corrected chi connectivity index (χ3v) is 3.51. The predicted molar refractivity (Wildman–Crippen MR) is 83.6 cm³/mol. The summed E-state index contributed by atoms with van der Waals surface area (Å²) < 4.78 is 1.62. The van der Waals surface area contributed by atoms with E-state index in [1.807, 2.05) is 37.3 Å². The summed E-state index contributed by atoms with van der Waals surface area (Å²) in [7, 11) is 0. The van der Waals surface area contributed by atoms with Gasteiger partial charge in [0.1, 0.15) is 5.82 Å². The molecule has 1 atom stereocenters. The second kappa shape index (κ2) is 5.66. The predicted octanol–water partition coefficient (Wildman–Crippen LogP) is 3.14. The van der Waals surface area contributed by atoms with E-state index in [-0.39, 0.29) is 10.9 Å². The van der Waals surface area contributed by atoms with Gasteiger partial charge in [0.25, 0.3) is 5.56 Å². The van der Waals surface area contributed by atoms with Gasteiger partial charge in [0.15, 0.2) is 0 Å². The van der Waals surface area contributed by atoms with Gasteiger partial charge in [-0.15, -0.1) is 11.6 Å². The highest BCUT2D eigenvalue weighted by Gasteiger charge is 2.14. The lowest BCUT2D eigenvalue weighted by Crippen LogP contribution is -2.26. The van der Waals surface area contributed by atoms with Crippen LogP contribution in [0.1, 0.15) is 23.7 Å². The summed E-state index contributed by atoms with van der Waals surface area (Å²) in [6.07, 6.45) is 3.44. The highest BCUT2D eigenvalue weighted by Crippen LogP contribution is 2.19. The summed E-state index contributed by atoms with van der Waals surface area (Å²) in [4.78, 5) is 21.3. The zero-order valence-electron chi connectivity index (χ0n) is 11.5. The number of pyridine rings is 1. The topological polar surface area (TPSA) is 47.8 Å². The molecule has 1 aromatic carbocycles. The lowest BCUT2D eigenvalue weighted by molar-refractivity contribution is 0.677. The quantitative estimate of drug-likeness (QED) is 0.698. The molecular weight excluding hydrogens is 286 g/mol. The van der Waals surface area contributed by atoms with Crippen molar-refractivity contribution >= 4 is 22.5 Å². The molecule has 3 rings (SSSR count). The number of benzene rings is 1. The summed E-state index contributed by atoms with van der Waals surface area (Å²) in [6.45, 7) is 2.23. The van der Waals surface area contributed by atoms with Gasteiger partial charge >= 0.3 is 0 Å². The zero-order valence-corrected chi connectivity index (χ0v) is 12.3. The van der Waals surface area contributed by atoms with Crippen LogP contribution in [0.4, 0.5) is 0 Å². The monoisotopic (exact) mass is 299 g/mol. The summed E-state index contributed by atoms with van der Waals surface area (Å²) in [6, 6.07) is 11.1. The smallest absolute Gasteiger partial charge is 0.261 e. The first-order valence-electron chi connectivity index (χ1n) is 6.69. The number of fused-ring (bicyclic) bond motifs is 1. The minimum Gasteiger partial charge on any atom is -0.290 e. The summed E-state index contributed by atoms with van der Waals surface area (Å²) in [5, 5.41) is 0.251. The molecule has 3 aromatic rings. The summed E-state index contributed by atoms with van der Waals surface area (Å²) in [5.74, 6) is 0.573. The number of nitrogens with zero attached hydrogens (tertiary/aromatic N) is 3. The van der Waals surface area contributed by atoms with Crippen molar-refractivity contribution in [2.24, 2.45) is 0 Å². The van der Waals surface area contributed by atoms with E-state index in [1.54, 1.807) is 23.0 Å². The minimum atomic E-state index is -0.348. The third kappa shape index (κ3) is 2.67. The molecule has 5 heteroatoms. The first-order chi connectivity index (χ1) is 10.2. The molecule has 106 valence electrons. The van der Waals surface area contributed by atoms with Gasteiger partial charge in [0.2, 0.25) is 0 Å². The number of para-hydroxylation sites is 1. The maximum absolute atomic E-state index is 12.7. The van der Waals surface area contributed by atoms with Crippen molar-refractivity contribution in [1.82, 2.24) is 14.5 Å². The van der Waals surface area contributed by atoms with E-state index < -0.39 is 0 Å². The largest absolute Gasteiger partial charge is 0.290 e.